The highest BCUT2D eigenvalue weighted by atomic mass is 19.4. The molecule has 4 rings (SSSR count). The van der Waals surface area contributed by atoms with Crippen LogP contribution < -0.4 is 4.90 Å². The van der Waals surface area contributed by atoms with E-state index < -0.39 is 11.7 Å². The van der Waals surface area contributed by atoms with Crippen LogP contribution in [0.1, 0.15) is 38.7 Å². The van der Waals surface area contributed by atoms with Crippen LogP contribution in [0.2, 0.25) is 0 Å². The topological polar surface area (TPSA) is 57.7 Å². The second-order valence-electron chi connectivity index (χ2n) is 8.12. The zero-order valence-electron chi connectivity index (χ0n) is 16.5. The lowest BCUT2D eigenvalue weighted by Gasteiger charge is -2.34. The molecular formula is C21H24F3N5. The van der Waals surface area contributed by atoms with Crippen molar-refractivity contribution in [2.75, 3.05) is 18.0 Å². The molecule has 5 nitrogen and oxygen atoms in total. The summed E-state index contributed by atoms with van der Waals surface area (Å²) >= 11 is 0. The van der Waals surface area contributed by atoms with Gasteiger partial charge in [0.1, 0.15) is 17.2 Å². The first-order chi connectivity index (χ1) is 13.8. The molecule has 1 atom stereocenters. The number of anilines is 1. The van der Waals surface area contributed by atoms with E-state index >= 15 is 0 Å². The zero-order valence-corrected chi connectivity index (χ0v) is 16.5. The van der Waals surface area contributed by atoms with Crippen molar-refractivity contribution in [1.82, 2.24) is 20.2 Å². The lowest BCUT2D eigenvalue weighted by molar-refractivity contribution is -0.137. The molecular weight excluding hydrogens is 379 g/mol. The Morgan fingerprint density at radius 1 is 1.21 bits per heavy atom. The highest BCUT2D eigenvalue weighted by Crippen LogP contribution is 2.39. The number of nitrogens with one attached hydrogen (secondary N) is 1. The third-order valence-corrected chi connectivity index (χ3v) is 5.39. The van der Waals surface area contributed by atoms with Gasteiger partial charge in [-0.3, -0.25) is 5.10 Å². The number of rotatable bonds is 4. The lowest BCUT2D eigenvalue weighted by Crippen LogP contribution is -2.36. The van der Waals surface area contributed by atoms with Crippen LogP contribution >= 0.6 is 0 Å². The molecule has 3 aromatic heterocycles. The number of nitrogens with zero attached hydrogens (tertiary/aromatic N) is 4. The van der Waals surface area contributed by atoms with Gasteiger partial charge in [-0.15, -0.1) is 0 Å². The van der Waals surface area contributed by atoms with Gasteiger partial charge in [0.15, 0.2) is 5.65 Å². The number of hydrogen-bond acceptors (Lipinski definition) is 4. The van der Waals surface area contributed by atoms with Gasteiger partial charge in [0.25, 0.3) is 0 Å². The molecule has 1 N–H and O–H groups in total. The SMILES string of the molecule is CC(C)CC1CCCN(c2ccc(C(F)(F)F)c(-c3n[nH]c4ncccc34)n2)C1. The van der Waals surface area contributed by atoms with Crippen LogP contribution in [0.3, 0.4) is 0 Å². The van der Waals surface area contributed by atoms with Gasteiger partial charge < -0.3 is 4.90 Å². The minimum Gasteiger partial charge on any atom is -0.356 e. The minimum absolute atomic E-state index is 0.153. The number of pyridine rings is 2. The van der Waals surface area contributed by atoms with Gasteiger partial charge in [0, 0.05) is 24.7 Å². The first kappa shape index (κ1) is 19.7. The van der Waals surface area contributed by atoms with E-state index in [1.807, 2.05) is 0 Å². The number of aromatic nitrogens is 4. The first-order valence-electron chi connectivity index (χ1n) is 9.95. The van der Waals surface area contributed by atoms with Gasteiger partial charge in [-0.2, -0.15) is 18.3 Å². The summed E-state index contributed by atoms with van der Waals surface area (Å²) in [6.45, 7) is 6.02. The predicted octanol–water partition coefficient (Wildman–Crippen LogP) is 5.30. The normalized spacial score (nSPS) is 18.0. The third-order valence-electron chi connectivity index (χ3n) is 5.39. The summed E-state index contributed by atoms with van der Waals surface area (Å²) in [6.07, 6.45) is 0.333. The number of alkyl halides is 3. The van der Waals surface area contributed by atoms with Crippen molar-refractivity contribution in [3.63, 3.8) is 0 Å². The molecule has 1 aliphatic rings. The molecule has 1 unspecified atom stereocenters. The summed E-state index contributed by atoms with van der Waals surface area (Å²) in [6, 6.07) is 5.99. The van der Waals surface area contributed by atoms with Crippen LogP contribution in [0, 0.1) is 11.8 Å². The molecule has 8 heteroatoms. The zero-order chi connectivity index (χ0) is 20.6. The third kappa shape index (κ3) is 4.06. The van der Waals surface area contributed by atoms with Crippen molar-refractivity contribution in [3.05, 3.63) is 36.0 Å². The monoisotopic (exact) mass is 403 g/mol. The Kier molecular flexibility index (Phi) is 5.19. The fourth-order valence-corrected chi connectivity index (χ4v) is 4.20. The van der Waals surface area contributed by atoms with Crippen LogP contribution in [0.4, 0.5) is 19.0 Å². The maximum atomic E-state index is 13.7. The quantitative estimate of drug-likeness (QED) is 0.642. The van der Waals surface area contributed by atoms with Crippen molar-refractivity contribution >= 4 is 16.9 Å². The highest BCUT2D eigenvalue weighted by molar-refractivity contribution is 5.90. The van der Waals surface area contributed by atoms with E-state index in [1.54, 1.807) is 18.3 Å². The standard InChI is InChI=1S/C21H24F3N5/c1-13(2)11-14-5-4-10-29(12-14)17-8-7-16(21(22,23)24)19(26-17)18-15-6-3-9-25-20(15)28-27-18/h3,6-9,13-14H,4-5,10-12H2,1-2H3,(H,25,27,28). The maximum absolute atomic E-state index is 13.7. The van der Waals surface area contributed by atoms with Gasteiger partial charge in [-0.05, 0) is 55.4 Å². The summed E-state index contributed by atoms with van der Waals surface area (Å²) < 4.78 is 41.1. The molecule has 0 amide bonds. The molecule has 1 saturated heterocycles. The molecule has 29 heavy (non-hydrogen) atoms. The second kappa shape index (κ2) is 7.65. The average Bonchev–Trinajstić information content (AvgIpc) is 3.10. The average molecular weight is 403 g/mol. The number of H-pyrrole nitrogens is 1. The Labute approximate surface area is 167 Å². The molecule has 1 aliphatic heterocycles. The minimum atomic E-state index is -4.52. The number of aromatic amines is 1. The molecule has 0 radical (unpaired) electrons. The van der Waals surface area contributed by atoms with Crippen molar-refractivity contribution in [2.45, 2.75) is 39.3 Å². The fraction of sp³-hybridized carbons (Fsp3) is 0.476. The Hall–Kier alpha value is -2.64. The van der Waals surface area contributed by atoms with Gasteiger partial charge in [-0.1, -0.05) is 13.8 Å². The molecule has 0 aliphatic carbocycles. The number of piperidine rings is 1. The van der Waals surface area contributed by atoms with Gasteiger partial charge >= 0.3 is 6.18 Å². The summed E-state index contributed by atoms with van der Waals surface area (Å²) in [4.78, 5) is 10.7. The summed E-state index contributed by atoms with van der Waals surface area (Å²) in [5.41, 5.74) is -0.315. The largest absolute Gasteiger partial charge is 0.418 e. The first-order valence-corrected chi connectivity index (χ1v) is 9.95. The lowest BCUT2D eigenvalue weighted by atomic mass is 9.90. The molecule has 0 aromatic carbocycles. The van der Waals surface area contributed by atoms with E-state index in [9.17, 15) is 13.2 Å². The van der Waals surface area contributed by atoms with E-state index in [0.29, 0.717) is 28.7 Å². The number of fused-ring (bicyclic) bond motifs is 1. The van der Waals surface area contributed by atoms with Crippen LogP contribution in [-0.4, -0.2) is 33.3 Å². The smallest absolute Gasteiger partial charge is 0.356 e. The predicted molar refractivity (Wildman–Crippen MR) is 107 cm³/mol. The van der Waals surface area contributed by atoms with Crippen LogP contribution in [0.5, 0.6) is 0 Å². The molecule has 0 bridgehead atoms. The molecule has 154 valence electrons. The number of halogens is 3. The van der Waals surface area contributed by atoms with Gasteiger partial charge in [0.05, 0.1) is 5.56 Å². The number of hydrogen-bond donors (Lipinski definition) is 1. The maximum Gasteiger partial charge on any atom is 0.418 e. The van der Waals surface area contributed by atoms with Gasteiger partial charge in [0.2, 0.25) is 0 Å². The summed E-state index contributed by atoms with van der Waals surface area (Å²) in [5.74, 6) is 1.70. The Bertz CT molecular complexity index is 995. The fourth-order valence-electron chi connectivity index (χ4n) is 4.20. The van der Waals surface area contributed by atoms with Crippen LogP contribution in [0.15, 0.2) is 30.5 Å². The van der Waals surface area contributed by atoms with E-state index in [4.69, 9.17) is 0 Å². The van der Waals surface area contributed by atoms with Gasteiger partial charge in [-0.25, -0.2) is 9.97 Å². The molecule has 3 aromatic rings. The van der Waals surface area contributed by atoms with Crippen molar-refractivity contribution in [1.29, 1.82) is 0 Å². The Morgan fingerprint density at radius 2 is 2.03 bits per heavy atom. The van der Waals surface area contributed by atoms with Crippen LogP contribution in [0.25, 0.3) is 22.4 Å². The molecule has 0 saturated carbocycles. The highest BCUT2D eigenvalue weighted by Gasteiger charge is 2.36. The molecule has 1 fully saturated rings. The van der Waals surface area contributed by atoms with E-state index in [-0.39, 0.29) is 11.4 Å². The molecule has 0 spiro atoms. The van der Waals surface area contributed by atoms with Crippen LogP contribution in [-0.2, 0) is 6.18 Å². The molecule has 4 heterocycles. The van der Waals surface area contributed by atoms with E-state index in [0.717, 1.165) is 38.4 Å². The van der Waals surface area contributed by atoms with Crippen molar-refractivity contribution < 1.29 is 13.2 Å². The van der Waals surface area contributed by atoms with E-state index in [2.05, 4.69) is 38.9 Å². The summed E-state index contributed by atoms with van der Waals surface area (Å²) in [5, 5.41) is 7.35. The van der Waals surface area contributed by atoms with Crippen molar-refractivity contribution in [3.8, 4) is 11.4 Å². The second-order valence-corrected chi connectivity index (χ2v) is 8.12. The summed E-state index contributed by atoms with van der Waals surface area (Å²) in [7, 11) is 0. The Morgan fingerprint density at radius 3 is 2.79 bits per heavy atom. The van der Waals surface area contributed by atoms with E-state index in [1.165, 1.54) is 6.07 Å². The Balaban J connectivity index is 1.76. The van der Waals surface area contributed by atoms with Crippen molar-refractivity contribution in [2.24, 2.45) is 11.8 Å².